The number of halogens is 1. The molecule has 5 heteroatoms. The molecule has 1 aromatic carbocycles. The van der Waals surface area contributed by atoms with Crippen LogP contribution < -0.4 is 0 Å². The molecule has 1 rings (SSSR count). The molecule has 0 bridgehead atoms. The molecule has 0 N–H and O–H groups in total. The lowest BCUT2D eigenvalue weighted by Crippen LogP contribution is -1.90. The standard InChI is InChI=1S/C8H6ClNO2S/c9-13(11,12)8-3-1-7(2-4-8)5-6-10/h1-4H,5H2. The molecule has 0 aromatic heterocycles. The van der Waals surface area contributed by atoms with E-state index in [2.05, 4.69) is 0 Å². The summed E-state index contributed by atoms with van der Waals surface area (Å²) in [6.45, 7) is 0. The van der Waals surface area contributed by atoms with Crippen LogP contribution in [0.5, 0.6) is 0 Å². The van der Waals surface area contributed by atoms with E-state index in [9.17, 15) is 8.42 Å². The second-order valence-electron chi connectivity index (χ2n) is 2.42. The Morgan fingerprint density at radius 3 is 2.23 bits per heavy atom. The lowest BCUT2D eigenvalue weighted by Gasteiger charge is -1.96. The topological polar surface area (TPSA) is 57.9 Å². The highest BCUT2D eigenvalue weighted by Gasteiger charge is 2.08. The second kappa shape index (κ2) is 3.77. The van der Waals surface area contributed by atoms with Gasteiger partial charge < -0.3 is 0 Å². The molecule has 0 heterocycles. The van der Waals surface area contributed by atoms with E-state index >= 15 is 0 Å². The van der Waals surface area contributed by atoms with Crippen molar-refractivity contribution in [2.45, 2.75) is 11.3 Å². The molecule has 0 fully saturated rings. The van der Waals surface area contributed by atoms with Gasteiger partial charge in [-0.3, -0.25) is 0 Å². The third-order valence-corrected chi connectivity index (χ3v) is 2.86. The Labute approximate surface area is 81.0 Å². The van der Waals surface area contributed by atoms with Gasteiger partial charge in [0, 0.05) is 10.7 Å². The van der Waals surface area contributed by atoms with Crippen LogP contribution in [0, 0.1) is 11.3 Å². The van der Waals surface area contributed by atoms with Crippen molar-refractivity contribution in [2.24, 2.45) is 0 Å². The van der Waals surface area contributed by atoms with Crippen LogP contribution in [0.4, 0.5) is 0 Å². The monoisotopic (exact) mass is 215 g/mol. The minimum atomic E-state index is -3.65. The van der Waals surface area contributed by atoms with E-state index in [1.54, 1.807) is 12.1 Å². The van der Waals surface area contributed by atoms with Gasteiger partial charge >= 0.3 is 0 Å². The minimum absolute atomic E-state index is 0.0517. The largest absolute Gasteiger partial charge is 0.261 e. The number of nitrogens with zero attached hydrogens (tertiary/aromatic N) is 1. The molecule has 3 nitrogen and oxygen atoms in total. The van der Waals surface area contributed by atoms with Crippen molar-refractivity contribution in [2.75, 3.05) is 0 Å². The number of benzene rings is 1. The van der Waals surface area contributed by atoms with E-state index in [4.69, 9.17) is 15.9 Å². The van der Waals surface area contributed by atoms with Gasteiger partial charge in [-0.05, 0) is 17.7 Å². The highest BCUT2D eigenvalue weighted by molar-refractivity contribution is 8.13. The molecule has 0 aliphatic rings. The van der Waals surface area contributed by atoms with Crippen molar-refractivity contribution in [1.82, 2.24) is 0 Å². The fourth-order valence-corrected chi connectivity index (χ4v) is 1.63. The third-order valence-electron chi connectivity index (χ3n) is 1.49. The summed E-state index contributed by atoms with van der Waals surface area (Å²) in [5, 5.41) is 8.35. The highest BCUT2D eigenvalue weighted by Crippen LogP contribution is 2.15. The summed E-state index contributed by atoms with van der Waals surface area (Å²) in [7, 11) is 1.45. The Bertz CT molecular complexity index is 430. The SMILES string of the molecule is N#CCc1ccc(S(=O)(=O)Cl)cc1. The molecule has 68 valence electrons. The summed E-state index contributed by atoms with van der Waals surface area (Å²) in [6, 6.07) is 7.86. The molecule has 0 atom stereocenters. The molecule has 1 aromatic rings. The fourth-order valence-electron chi connectivity index (χ4n) is 0.861. The first kappa shape index (κ1) is 10.0. The zero-order valence-electron chi connectivity index (χ0n) is 6.57. The number of hydrogen-bond acceptors (Lipinski definition) is 3. The summed E-state index contributed by atoms with van der Waals surface area (Å²) in [5.41, 5.74) is 0.770. The predicted molar refractivity (Wildman–Crippen MR) is 48.8 cm³/mol. The van der Waals surface area contributed by atoms with Gasteiger partial charge in [0.25, 0.3) is 9.05 Å². The Hall–Kier alpha value is -1.05. The fraction of sp³-hybridized carbons (Fsp3) is 0.125. The van der Waals surface area contributed by atoms with Gasteiger partial charge in [-0.1, -0.05) is 12.1 Å². The van der Waals surface area contributed by atoms with Crippen molar-refractivity contribution in [3.05, 3.63) is 29.8 Å². The maximum absolute atomic E-state index is 10.8. The summed E-state index contributed by atoms with van der Waals surface area (Å²) < 4.78 is 21.6. The summed E-state index contributed by atoms with van der Waals surface area (Å²) >= 11 is 0. The average Bonchev–Trinajstić information content (AvgIpc) is 2.04. The Morgan fingerprint density at radius 1 is 1.31 bits per heavy atom. The Morgan fingerprint density at radius 2 is 1.85 bits per heavy atom. The molecule has 13 heavy (non-hydrogen) atoms. The summed E-state index contributed by atoms with van der Waals surface area (Å²) in [4.78, 5) is 0.0517. The molecule has 0 radical (unpaired) electrons. The van der Waals surface area contributed by atoms with E-state index in [0.29, 0.717) is 0 Å². The lowest BCUT2D eigenvalue weighted by atomic mass is 10.2. The van der Waals surface area contributed by atoms with E-state index in [1.165, 1.54) is 12.1 Å². The van der Waals surface area contributed by atoms with E-state index in [-0.39, 0.29) is 11.3 Å². The zero-order valence-corrected chi connectivity index (χ0v) is 8.14. The van der Waals surface area contributed by atoms with Gasteiger partial charge in [0.1, 0.15) is 0 Å². The van der Waals surface area contributed by atoms with E-state index in [0.717, 1.165) is 5.56 Å². The van der Waals surface area contributed by atoms with Crippen LogP contribution in [-0.4, -0.2) is 8.42 Å². The number of nitriles is 1. The van der Waals surface area contributed by atoms with Crippen LogP contribution in [0.15, 0.2) is 29.2 Å². The molecular formula is C8H6ClNO2S. The molecule has 0 aliphatic carbocycles. The van der Waals surface area contributed by atoms with Crippen molar-refractivity contribution in [1.29, 1.82) is 5.26 Å². The molecule has 0 unspecified atom stereocenters. The first-order chi connectivity index (χ1) is 6.04. The van der Waals surface area contributed by atoms with Crippen LogP contribution >= 0.6 is 10.7 Å². The van der Waals surface area contributed by atoms with Crippen LogP contribution in [0.3, 0.4) is 0 Å². The van der Waals surface area contributed by atoms with Crippen molar-refractivity contribution >= 4 is 19.7 Å². The maximum atomic E-state index is 10.8. The first-order valence-corrected chi connectivity index (χ1v) is 5.75. The molecule has 0 saturated heterocycles. The lowest BCUT2D eigenvalue weighted by molar-refractivity contribution is 0.609. The molecule has 0 spiro atoms. The minimum Gasteiger partial charge on any atom is -0.207 e. The van der Waals surface area contributed by atoms with Gasteiger partial charge in [0.2, 0.25) is 0 Å². The van der Waals surface area contributed by atoms with Gasteiger partial charge in [-0.15, -0.1) is 0 Å². The summed E-state index contributed by atoms with van der Waals surface area (Å²) in [6.07, 6.45) is 0.266. The quantitative estimate of drug-likeness (QED) is 0.706. The second-order valence-corrected chi connectivity index (χ2v) is 4.98. The van der Waals surface area contributed by atoms with Gasteiger partial charge in [0.05, 0.1) is 17.4 Å². The van der Waals surface area contributed by atoms with E-state index in [1.807, 2.05) is 6.07 Å². The highest BCUT2D eigenvalue weighted by atomic mass is 35.7. The Kier molecular flexibility index (Phi) is 2.91. The maximum Gasteiger partial charge on any atom is 0.261 e. The van der Waals surface area contributed by atoms with Crippen LogP contribution in [0.2, 0.25) is 0 Å². The Balaban J connectivity index is 3.03. The molecular weight excluding hydrogens is 210 g/mol. The van der Waals surface area contributed by atoms with Crippen LogP contribution in [0.25, 0.3) is 0 Å². The molecule has 0 amide bonds. The van der Waals surface area contributed by atoms with Crippen molar-refractivity contribution < 1.29 is 8.42 Å². The smallest absolute Gasteiger partial charge is 0.207 e. The predicted octanol–water partition coefficient (Wildman–Crippen LogP) is 1.68. The first-order valence-electron chi connectivity index (χ1n) is 3.44. The summed E-state index contributed by atoms with van der Waals surface area (Å²) in [5.74, 6) is 0. The molecule has 0 aliphatic heterocycles. The average molecular weight is 216 g/mol. The zero-order chi connectivity index (χ0) is 9.90. The normalized spacial score (nSPS) is 10.8. The third kappa shape index (κ3) is 2.72. The molecule has 0 saturated carbocycles. The van der Waals surface area contributed by atoms with Gasteiger partial charge in [-0.25, -0.2) is 8.42 Å². The number of rotatable bonds is 2. The van der Waals surface area contributed by atoms with E-state index < -0.39 is 9.05 Å². The number of hydrogen-bond donors (Lipinski definition) is 0. The van der Waals surface area contributed by atoms with Crippen molar-refractivity contribution in [3.8, 4) is 6.07 Å². The van der Waals surface area contributed by atoms with Crippen LogP contribution in [-0.2, 0) is 15.5 Å². The van der Waals surface area contributed by atoms with Crippen molar-refractivity contribution in [3.63, 3.8) is 0 Å². The van der Waals surface area contributed by atoms with Gasteiger partial charge in [-0.2, -0.15) is 5.26 Å². The van der Waals surface area contributed by atoms with Crippen LogP contribution in [0.1, 0.15) is 5.56 Å². The van der Waals surface area contributed by atoms with Gasteiger partial charge in [0.15, 0.2) is 0 Å².